The molecule has 0 atom stereocenters. The highest BCUT2D eigenvalue weighted by Crippen LogP contribution is 2.65. The van der Waals surface area contributed by atoms with E-state index >= 15 is 0 Å². The zero-order valence-electron chi connectivity index (χ0n) is 67.3. The number of aliphatic hydroxyl groups is 1. The standard InChI is InChI=1S/C52H37NS.C34H34BO2.C24H16BrNS/c1-51(2)43-21-9-11-23-45(43)52(46-24-12-10-22-44(46)51)42-20-8-6-18-41(42)50-38(19-14-25-47(50)52)34-27-29-36(30-28-34)53(35-15-4-3-5-16-35)37-31-32-40-39-17-7-13-26-48(39)54-49(40)33-37;1-31(2)24-16-9-11-18-26(24)34(27-19-12-10-17-25(27)31)23-15-8-7-14-22(23)30-28(34)20-13-21-29(30)35-37-33(5,6)32(3,4)36;25-17-10-12-19(13-11-17)26(18-6-2-1-3-7-18)20-14-15-22-21-8-4-5-9-23(21)27-24(22)16-20/h3-33H,1-2H3;7-21,36H,1-6H3;1-16H. The van der Waals surface area contributed by atoms with Gasteiger partial charge in [0.1, 0.15) is 0 Å². The topological polar surface area (TPSA) is 35.9 Å². The minimum Gasteiger partial charge on any atom is -0.427 e. The average molecular weight is 1620 g/mol. The molecule has 4 aliphatic carbocycles. The summed E-state index contributed by atoms with van der Waals surface area (Å²) in [6.45, 7) is 16.9. The van der Waals surface area contributed by atoms with Gasteiger partial charge in [0.05, 0.1) is 22.0 Å². The smallest absolute Gasteiger partial charge is 0.331 e. The monoisotopic (exact) mass is 1620 g/mol. The van der Waals surface area contributed by atoms with Gasteiger partial charge in [-0.2, -0.15) is 0 Å². The molecule has 4 nitrogen and oxygen atoms in total. The maximum absolute atomic E-state index is 10.7. The van der Waals surface area contributed by atoms with Crippen molar-refractivity contribution < 1.29 is 9.76 Å². The number of thiophene rings is 2. The predicted molar refractivity (Wildman–Crippen MR) is 503 cm³/mol. The van der Waals surface area contributed by atoms with E-state index in [1.54, 1.807) is 13.8 Å². The highest BCUT2D eigenvalue weighted by Gasteiger charge is 2.56. The fourth-order valence-electron chi connectivity index (χ4n) is 19.7. The normalized spacial score (nSPS) is 14.3. The minimum atomic E-state index is -0.993. The van der Waals surface area contributed by atoms with Crippen LogP contribution in [0.2, 0.25) is 0 Å². The Balaban J connectivity index is 0.000000121. The summed E-state index contributed by atoms with van der Waals surface area (Å²) < 4.78 is 12.6. The molecule has 571 valence electrons. The summed E-state index contributed by atoms with van der Waals surface area (Å²) >= 11 is 7.26. The fourth-order valence-corrected chi connectivity index (χ4v) is 22.2. The molecule has 0 bridgehead atoms. The number of para-hydroxylation sites is 2. The van der Waals surface area contributed by atoms with Gasteiger partial charge in [0.2, 0.25) is 0 Å². The summed E-state index contributed by atoms with van der Waals surface area (Å²) in [4.78, 5) is 4.68. The van der Waals surface area contributed by atoms with E-state index < -0.39 is 22.0 Å². The van der Waals surface area contributed by atoms with Crippen molar-refractivity contribution in [2.24, 2.45) is 0 Å². The molecular weight excluding hydrogens is 1540 g/mol. The lowest BCUT2D eigenvalue weighted by molar-refractivity contribution is -0.0893. The zero-order chi connectivity index (χ0) is 80.5. The maximum Gasteiger partial charge on any atom is 0.331 e. The van der Waals surface area contributed by atoms with Crippen molar-refractivity contribution in [3.8, 4) is 33.4 Å². The van der Waals surface area contributed by atoms with Gasteiger partial charge in [0.15, 0.2) is 0 Å². The van der Waals surface area contributed by atoms with Gasteiger partial charge in [0, 0.05) is 89.8 Å². The number of benzene rings is 16. The van der Waals surface area contributed by atoms with Crippen LogP contribution in [0.1, 0.15) is 122 Å². The Labute approximate surface area is 709 Å². The van der Waals surface area contributed by atoms with Crippen molar-refractivity contribution in [1.29, 1.82) is 0 Å². The second kappa shape index (κ2) is 29.0. The first-order valence-corrected chi connectivity index (χ1v) is 43.3. The molecule has 0 saturated heterocycles. The molecule has 1 N–H and O–H groups in total. The first-order chi connectivity index (χ1) is 57.3. The molecule has 1 radical (unpaired) electrons. The van der Waals surface area contributed by atoms with E-state index in [-0.39, 0.29) is 10.8 Å². The van der Waals surface area contributed by atoms with Crippen LogP contribution in [-0.4, -0.2) is 23.8 Å². The van der Waals surface area contributed by atoms with Crippen LogP contribution in [0.5, 0.6) is 0 Å². The first kappa shape index (κ1) is 74.8. The fraction of sp³-hybridized carbons (Fsp3) is 0.127. The molecule has 18 aromatic rings. The van der Waals surface area contributed by atoms with E-state index in [2.05, 4.69) is 430 Å². The third kappa shape index (κ3) is 11.9. The largest absolute Gasteiger partial charge is 0.427 e. The average Bonchev–Trinajstić information content (AvgIpc) is 1.47. The van der Waals surface area contributed by atoms with Gasteiger partial charge in [-0.15, -0.1) is 22.7 Å². The molecule has 118 heavy (non-hydrogen) atoms. The second-order valence-electron chi connectivity index (χ2n) is 33.7. The second-order valence-corrected chi connectivity index (χ2v) is 36.8. The molecule has 0 fully saturated rings. The minimum absolute atomic E-state index is 0.111. The van der Waals surface area contributed by atoms with Gasteiger partial charge < -0.3 is 19.6 Å². The molecule has 0 aliphatic heterocycles. The number of fused-ring (bicyclic) bond motifs is 24. The molecule has 22 rings (SSSR count). The lowest BCUT2D eigenvalue weighted by Gasteiger charge is -2.46. The Kier molecular flexibility index (Phi) is 18.4. The molecule has 16 aromatic carbocycles. The van der Waals surface area contributed by atoms with Crippen molar-refractivity contribution >= 4 is 126 Å². The van der Waals surface area contributed by atoms with E-state index in [1.165, 1.54) is 146 Å². The summed E-state index contributed by atoms with van der Waals surface area (Å²) in [5.41, 5.74) is 29.0. The van der Waals surface area contributed by atoms with Gasteiger partial charge in [-0.1, -0.05) is 323 Å². The van der Waals surface area contributed by atoms with E-state index in [9.17, 15) is 5.11 Å². The molecule has 8 heteroatoms. The molecule has 2 spiro atoms. The van der Waals surface area contributed by atoms with Crippen LogP contribution in [0, 0.1) is 0 Å². The van der Waals surface area contributed by atoms with Crippen LogP contribution in [-0.2, 0) is 26.3 Å². The van der Waals surface area contributed by atoms with E-state index in [0.717, 1.165) is 38.4 Å². The number of hydrogen-bond acceptors (Lipinski definition) is 6. The third-order valence-corrected chi connectivity index (χ3v) is 28.7. The van der Waals surface area contributed by atoms with Crippen LogP contribution in [0.4, 0.5) is 34.1 Å². The predicted octanol–water partition coefficient (Wildman–Crippen LogP) is 29.0. The number of nitrogens with zero attached hydrogens (tertiary/aromatic N) is 2. The lowest BCUT2D eigenvalue weighted by atomic mass is 9.55. The van der Waals surface area contributed by atoms with E-state index in [0.29, 0.717) is 0 Å². The molecule has 0 amide bonds. The van der Waals surface area contributed by atoms with Crippen LogP contribution in [0.3, 0.4) is 0 Å². The zero-order valence-corrected chi connectivity index (χ0v) is 70.5. The summed E-state index contributed by atoms with van der Waals surface area (Å²) in [5.74, 6) is 0. The third-order valence-electron chi connectivity index (χ3n) is 25.9. The number of hydrogen-bond donors (Lipinski definition) is 1. The summed E-state index contributed by atoms with van der Waals surface area (Å²) in [6, 6.07) is 138. The lowest BCUT2D eigenvalue weighted by Crippen LogP contribution is -2.49. The van der Waals surface area contributed by atoms with E-state index in [1.807, 2.05) is 44.0 Å². The highest BCUT2D eigenvalue weighted by molar-refractivity contribution is 9.10. The van der Waals surface area contributed by atoms with Gasteiger partial charge in [-0.05, 0) is 230 Å². The molecule has 2 heterocycles. The Morgan fingerprint density at radius 1 is 0.297 bits per heavy atom. The highest BCUT2D eigenvalue weighted by atomic mass is 79.9. The number of rotatable bonds is 11. The van der Waals surface area contributed by atoms with Gasteiger partial charge >= 0.3 is 7.48 Å². The number of anilines is 6. The van der Waals surface area contributed by atoms with Crippen LogP contribution in [0.15, 0.2) is 381 Å². The molecular formula is C110H87BBrN2O2S2. The van der Waals surface area contributed by atoms with Gasteiger partial charge in [-0.3, -0.25) is 0 Å². The molecule has 0 unspecified atom stereocenters. The van der Waals surface area contributed by atoms with Crippen LogP contribution >= 0.6 is 38.6 Å². The summed E-state index contributed by atoms with van der Waals surface area (Å²) in [6.07, 6.45) is 0. The Morgan fingerprint density at radius 2 is 0.619 bits per heavy atom. The van der Waals surface area contributed by atoms with Crippen LogP contribution in [0.25, 0.3) is 73.7 Å². The van der Waals surface area contributed by atoms with Crippen molar-refractivity contribution in [3.63, 3.8) is 0 Å². The Morgan fingerprint density at radius 3 is 1.06 bits per heavy atom. The summed E-state index contributed by atoms with van der Waals surface area (Å²) in [7, 11) is 1.84. The van der Waals surface area contributed by atoms with Crippen molar-refractivity contribution in [2.75, 3.05) is 9.80 Å². The molecule has 2 aromatic heterocycles. The van der Waals surface area contributed by atoms with Crippen LogP contribution < -0.4 is 15.3 Å². The van der Waals surface area contributed by atoms with Crippen molar-refractivity contribution in [2.45, 2.75) is 88.3 Å². The maximum atomic E-state index is 10.7. The number of halogens is 1. The molecule has 0 saturated carbocycles. The van der Waals surface area contributed by atoms with Gasteiger partial charge in [-0.25, -0.2) is 0 Å². The quantitative estimate of drug-likeness (QED) is 0.131. The Bertz CT molecular complexity index is 6840. The Hall–Kier alpha value is -12.0. The van der Waals surface area contributed by atoms with Gasteiger partial charge in [0.25, 0.3) is 0 Å². The first-order valence-electron chi connectivity index (χ1n) is 40.8. The summed E-state index contributed by atoms with van der Waals surface area (Å²) in [5, 5.41) is 16.0. The molecule has 4 aliphatic rings. The SMILES string of the molecule is Brc1ccc(N(c2ccccc2)c2ccc3c(c2)sc2ccccc23)cc1.CC1(C)c2ccccc2C2(c3ccccc3-c3c(-c4ccc(N(c5ccccc5)c5ccc6c(c5)sc5ccccc56)cc4)cccc32)c2ccccc21.CC1(C)c2ccccc2C2(c3ccccc3-c3c([B]OC(C)(C)C(C)(C)O)cccc32)c2ccccc21. The van der Waals surface area contributed by atoms with Crippen molar-refractivity contribution in [3.05, 3.63) is 447 Å². The van der Waals surface area contributed by atoms with E-state index in [4.69, 9.17) is 4.65 Å². The van der Waals surface area contributed by atoms with Crippen molar-refractivity contribution in [1.82, 2.24) is 0 Å².